The number of aliphatic hydroxyl groups is 1. The molecule has 2 aliphatic heterocycles. The van der Waals surface area contributed by atoms with Gasteiger partial charge < -0.3 is 20.1 Å². The molecule has 11 nitrogen and oxygen atoms in total. The van der Waals surface area contributed by atoms with E-state index in [9.17, 15) is 29.5 Å². The standard InChI is InChI=1S/C57H72ClN5O6/c1-34(37-17-19-38(20-18-37)45-25-26-60-35(45)2)27-50(66)49-29-43(65)33-63(49)52(68)46(55(3,4)5)28-42(64)12-10-11-36-13-15-39(16-14-36)48-24-22-41(32-61-48)51(67)62-53-56(6,7)54(57(53,8)9)69-44-23-21-40(31-59)47(58)30-44/h17-24,26,30,32,34,36,39,43,46,49,53-54,65H,10-16,25,27-29,33H2,1-9H3,(H,62,67)/t34-,36?,39?,43-,46?,49+,53?,54?/m1/s1. The van der Waals surface area contributed by atoms with E-state index in [4.69, 9.17) is 21.3 Å². The fourth-order valence-electron chi connectivity index (χ4n) is 12.0. The van der Waals surface area contributed by atoms with E-state index < -0.39 is 23.5 Å². The van der Waals surface area contributed by atoms with Crippen LogP contribution in [-0.2, 0) is 14.4 Å². The molecule has 1 unspecified atom stereocenters. The molecular formula is C57H72ClN5O6. The maximum Gasteiger partial charge on any atom is 0.253 e. The number of ether oxygens (including phenoxy) is 1. The number of allylic oxidation sites excluding steroid dienone is 2. The molecule has 4 aliphatic rings. The van der Waals surface area contributed by atoms with Crippen molar-refractivity contribution >= 4 is 46.8 Å². The summed E-state index contributed by atoms with van der Waals surface area (Å²) in [6.45, 7) is 18.4. The van der Waals surface area contributed by atoms with Crippen LogP contribution in [0.15, 0.2) is 71.5 Å². The van der Waals surface area contributed by atoms with Crippen LogP contribution >= 0.6 is 11.6 Å². The first kappa shape index (κ1) is 51.7. The number of aromatic nitrogens is 1. The van der Waals surface area contributed by atoms with Crippen molar-refractivity contribution in [3.8, 4) is 11.8 Å². The number of hydrogen-bond acceptors (Lipinski definition) is 9. The minimum absolute atomic E-state index is 0.0589. The van der Waals surface area contributed by atoms with Crippen molar-refractivity contribution in [3.05, 3.63) is 99.5 Å². The van der Waals surface area contributed by atoms with Crippen molar-refractivity contribution in [2.45, 2.75) is 169 Å². The number of aliphatic imine (C=N–C) groups is 1. The molecule has 2 amide bonds. The molecule has 7 rings (SSSR count). The molecule has 2 aliphatic carbocycles. The second-order valence-electron chi connectivity index (χ2n) is 22.7. The monoisotopic (exact) mass is 958 g/mol. The predicted octanol–water partition coefficient (Wildman–Crippen LogP) is 11.2. The van der Waals surface area contributed by atoms with Crippen molar-refractivity contribution < 1.29 is 29.0 Å². The van der Waals surface area contributed by atoms with Crippen LogP contribution < -0.4 is 10.1 Å². The van der Waals surface area contributed by atoms with Gasteiger partial charge in [-0.1, -0.05) is 97.7 Å². The van der Waals surface area contributed by atoms with Crippen molar-refractivity contribution in [2.24, 2.45) is 33.1 Å². The van der Waals surface area contributed by atoms with E-state index in [0.717, 1.165) is 67.5 Å². The summed E-state index contributed by atoms with van der Waals surface area (Å²) in [4.78, 5) is 66.0. The largest absolute Gasteiger partial charge is 0.489 e. The molecular weight excluding hydrogens is 886 g/mol. The SMILES string of the molecule is CC1=C(c2ccc([C@H](C)CC(=O)[C@@H]3C[C@@H](O)CN3C(=O)C(CC(=O)CCCC3CCC(c4ccc(C(=O)NC5C(C)(C)C(Oc6ccc(C#N)c(Cl)c6)C5(C)C)cn4)CC3)C(C)(C)C)cc2)CC=N1. The normalized spacial score (nSPS) is 24.8. The van der Waals surface area contributed by atoms with E-state index in [0.29, 0.717) is 40.2 Å². The molecule has 0 spiro atoms. The number of carbonyl (C=O) groups is 4. The van der Waals surface area contributed by atoms with Crippen molar-refractivity contribution in [1.82, 2.24) is 15.2 Å². The van der Waals surface area contributed by atoms with Gasteiger partial charge >= 0.3 is 0 Å². The van der Waals surface area contributed by atoms with Crippen LogP contribution in [0.2, 0.25) is 5.02 Å². The zero-order valence-corrected chi connectivity index (χ0v) is 42.9. The zero-order valence-electron chi connectivity index (χ0n) is 42.1. The number of aliphatic hydroxyl groups excluding tert-OH is 1. The number of pyridine rings is 1. The molecule has 2 aromatic carbocycles. The number of rotatable bonds is 17. The fourth-order valence-corrected chi connectivity index (χ4v) is 12.2. The Kier molecular flexibility index (Phi) is 15.8. The number of hydrogen-bond donors (Lipinski definition) is 2. The molecule has 2 N–H and O–H groups in total. The van der Waals surface area contributed by atoms with Crippen LogP contribution in [0.3, 0.4) is 0 Å². The van der Waals surface area contributed by atoms with Gasteiger partial charge in [0.25, 0.3) is 5.91 Å². The molecule has 3 aromatic rings. The third-order valence-electron chi connectivity index (χ3n) is 15.9. The molecule has 69 heavy (non-hydrogen) atoms. The number of nitrogens with one attached hydrogen (secondary N) is 1. The molecule has 3 fully saturated rings. The molecule has 368 valence electrons. The average molecular weight is 959 g/mol. The van der Waals surface area contributed by atoms with Gasteiger partial charge in [0.15, 0.2) is 5.78 Å². The average Bonchev–Trinajstić information content (AvgIpc) is 3.93. The molecule has 0 radical (unpaired) electrons. The minimum atomic E-state index is -0.784. The molecule has 2 saturated carbocycles. The smallest absolute Gasteiger partial charge is 0.253 e. The Balaban J connectivity index is 0.848. The Bertz CT molecular complexity index is 2480. The van der Waals surface area contributed by atoms with Gasteiger partial charge in [-0.2, -0.15) is 5.26 Å². The van der Waals surface area contributed by atoms with E-state index in [1.54, 1.807) is 29.3 Å². The minimum Gasteiger partial charge on any atom is -0.489 e. The Morgan fingerprint density at radius 3 is 2.28 bits per heavy atom. The maximum absolute atomic E-state index is 14.3. The van der Waals surface area contributed by atoms with Crippen LogP contribution in [0.5, 0.6) is 5.75 Å². The number of carbonyl (C=O) groups excluding carboxylic acids is 4. The van der Waals surface area contributed by atoms with Gasteiger partial charge in [0, 0.05) is 97.2 Å². The van der Waals surface area contributed by atoms with Crippen LogP contribution in [0, 0.1) is 39.4 Å². The number of Topliss-reactive ketones (excluding diaryl/α,β-unsaturated/α-hetero) is 2. The lowest BCUT2D eigenvalue weighted by molar-refractivity contribution is -0.164. The number of nitrogens with zero attached hydrogens (tertiary/aromatic N) is 4. The first-order valence-corrected chi connectivity index (χ1v) is 25.4. The van der Waals surface area contributed by atoms with Gasteiger partial charge in [0.1, 0.15) is 23.7 Å². The summed E-state index contributed by atoms with van der Waals surface area (Å²) >= 11 is 6.27. The van der Waals surface area contributed by atoms with E-state index in [1.807, 2.05) is 53.0 Å². The quantitative estimate of drug-likeness (QED) is 0.135. The van der Waals surface area contributed by atoms with Gasteiger partial charge in [-0.05, 0) is 97.2 Å². The lowest BCUT2D eigenvalue weighted by Crippen LogP contribution is -2.74. The number of ketones is 2. The molecule has 3 heterocycles. The summed E-state index contributed by atoms with van der Waals surface area (Å²) in [5.74, 6) is 0.359. The van der Waals surface area contributed by atoms with Crippen LogP contribution in [-0.4, -0.2) is 75.4 Å². The highest BCUT2D eigenvalue weighted by atomic mass is 35.5. The highest BCUT2D eigenvalue weighted by Crippen LogP contribution is 2.56. The van der Waals surface area contributed by atoms with Gasteiger partial charge in [-0.15, -0.1) is 0 Å². The highest BCUT2D eigenvalue weighted by Gasteiger charge is 2.64. The summed E-state index contributed by atoms with van der Waals surface area (Å²) in [5, 5.41) is 23.6. The first-order chi connectivity index (χ1) is 32.6. The Labute approximate surface area is 414 Å². The van der Waals surface area contributed by atoms with Gasteiger partial charge in [-0.25, -0.2) is 0 Å². The van der Waals surface area contributed by atoms with Crippen LogP contribution in [0.25, 0.3) is 5.57 Å². The van der Waals surface area contributed by atoms with Gasteiger partial charge in [0.05, 0.1) is 28.3 Å². The number of β-amino-alcohol motifs (C(OH)–C–C–N with tert-alkyl or cyclic N) is 1. The number of likely N-dealkylation sites (tertiary alicyclic amines) is 1. The third-order valence-corrected chi connectivity index (χ3v) is 16.2. The molecule has 0 bridgehead atoms. The summed E-state index contributed by atoms with van der Waals surface area (Å²) < 4.78 is 6.39. The lowest BCUT2D eigenvalue weighted by Gasteiger charge is -2.63. The second-order valence-corrected chi connectivity index (χ2v) is 23.1. The zero-order chi connectivity index (χ0) is 50.0. The number of amides is 2. The maximum atomic E-state index is 14.3. The lowest BCUT2D eigenvalue weighted by atomic mass is 9.49. The Morgan fingerprint density at radius 1 is 0.986 bits per heavy atom. The molecule has 4 atom stereocenters. The Morgan fingerprint density at radius 2 is 1.68 bits per heavy atom. The van der Waals surface area contributed by atoms with Crippen molar-refractivity contribution in [2.75, 3.05) is 6.54 Å². The van der Waals surface area contributed by atoms with E-state index >= 15 is 0 Å². The number of halogens is 1. The summed E-state index contributed by atoms with van der Waals surface area (Å²) in [6.07, 6.45) is 10.2. The van der Waals surface area contributed by atoms with Gasteiger partial charge in [0.2, 0.25) is 5.91 Å². The van der Waals surface area contributed by atoms with Crippen molar-refractivity contribution in [3.63, 3.8) is 0 Å². The van der Waals surface area contributed by atoms with Gasteiger partial charge in [-0.3, -0.25) is 29.2 Å². The second kappa shape index (κ2) is 21.0. The van der Waals surface area contributed by atoms with Crippen LogP contribution in [0.1, 0.15) is 178 Å². The molecule has 12 heteroatoms. The van der Waals surface area contributed by atoms with Crippen LogP contribution in [0.4, 0.5) is 0 Å². The fraction of sp³-hybridized carbons (Fsp3) is 0.561. The summed E-state index contributed by atoms with van der Waals surface area (Å²) in [6, 6.07) is 18.4. The Hall–Kier alpha value is -5.18. The third kappa shape index (κ3) is 11.6. The summed E-state index contributed by atoms with van der Waals surface area (Å²) in [5.41, 5.74) is 5.05. The summed E-state index contributed by atoms with van der Waals surface area (Å²) in [7, 11) is 0. The predicted molar refractivity (Wildman–Crippen MR) is 271 cm³/mol. The highest BCUT2D eigenvalue weighted by molar-refractivity contribution is 6.31. The van der Waals surface area contributed by atoms with Crippen molar-refractivity contribution in [1.29, 1.82) is 5.26 Å². The van der Waals surface area contributed by atoms with E-state index in [-0.39, 0.29) is 78.1 Å². The number of benzene rings is 2. The van der Waals surface area contributed by atoms with E-state index in [1.165, 1.54) is 5.57 Å². The first-order valence-electron chi connectivity index (χ1n) is 25.1. The van der Waals surface area contributed by atoms with E-state index in [2.05, 4.69) is 68.3 Å². The molecule has 1 saturated heterocycles. The topological polar surface area (TPSA) is 162 Å². The molecule has 1 aromatic heterocycles. The number of nitriles is 1.